The van der Waals surface area contributed by atoms with Crippen molar-refractivity contribution in [1.82, 2.24) is 20.2 Å². The number of methoxy groups -OCH3 is 1. The van der Waals surface area contributed by atoms with Crippen LogP contribution in [0.1, 0.15) is 22.1 Å². The maximum absolute atomic E-state index is 13.2. The van der Waals surface area contributed by atoms with Crippen LogP contribution in [0.2, 0.25) is 0 Å². The summed E-state index contributed by atoms with van der Waals surface area (Å²) in [7, 11) is 1.65. The summed E-state index contributed by atoms with van der Waals surface area (Å²) in [5.74, 6) is 1.40. The van der Waals surface area contributed by atoms with Crippen molar-refractivity contribution in [1.29, 1.82) is 0 Å². The molecule has 1 fully saturated rings. The summed E-state index contributed by atoms with van der Waals surface area (Å²) in [6.07, 6.45) is 1.71. The molecule has 2 N–H and O–H groups in total. The first-order chi connectivity index (χ1) is 13.8. The minimum absolute atomic E-state index is 0. The highest BCUT2D eigenvalue weighted by atomic mass is 35.5. The Hall–Kier alpha value is -2.39. The van der Waals surface area contributed by atoms with Crippen LogP contribution in [0.15, 0.2) is 54.0 Å². The Kier molecular flexibility index (Phi) is 8.86. The number of carbonyl (C=O) groups excluding carboxylic acids is 1. The van der Waals surface area contributed by atoms with E-state index >= 15 is 0 Å². The van der Waals surface area contributed by atoms with Crippen LogP contribution in [0.4, 0.5) is 10.9 Å². The van der Waals surface area contributed by atoms with Crippen LogP contribution in [0, 0.1) is 0 Å². The fraction of sp³-hybridized carbons (Fsp3) is 0.250. The summed E-state index contributed by atoms with van der Waals surface area (Å²) < 4.78 is 5.51. The van der Waals surface area contributed by atoms with Crippen LogP contribution in [0.25, 0.3) is 0 Å². The Labute approximate surface area is 191 Å². The van der Waals surface area contributed by atoms with Crippen LogP contribution >= 0.6 is 36.2 Å². The number of anilines is 2. The number of pyridine rings is 1. The van der Waals surface area contributed by atoms with Gasteiger partial charge in [0.1, 0.15) is 17.3 Å². The average molecular weight is 468 g/mol. The molecule has 1 aromatic carbocycles. The zero-order valence-corrected chi connectivity index (χ0v) is 18.7. The summed E-state index contributed by atoms with van der Waals surface area (Å²) in [4.78, 5) is 23.8. The number of amides is 1. The minimum Gasteiger partial charge on any atom is -0.496 e. The maximum atomic E-state index is 13.2. The number of hydrogen-bond acceptors (Lipinski definition) is 7. The standard InChI is InChI=1S/C20H21N5O2S.2ClH/c1-27-17-7-3-2-6-14(17)16-12-21-10-11-25(16)19(26)15-13-28-20(23-15)24-18-8-4-5-9-22-18;;/h2-9,13,16,21H,10-12H2,1H3,(H,22,23,24);2*1H. The van der Waals surface area contributed by atoms with Crippen LogP contribution in [0.5, 0.6) is 5.75 Å². The van der Waals surface area contributed by atoms with Crippen LogP contribution < -0.4 is 15.4 Å². The lowest BCUT2D eigenvalue weighted by Crippen LogP contribution is -2.48. The lowest BCUT2D eigenvalue weighted by molar-refractivity contribution is 0.0626. The number of piperazine rings is 1. The number of nitrogens with zero attached hydrogens (tertiary/aromatic N) is 3. The van der Waals surface area contributed by atoms with Crippen molar-refractivity contribution in [3.05, 3.63) is 65.3 Å². The number of halogens is 2. The zero-order chi connectivity index (χ0) is 19.3. The molecule has 3 aromatic rings. The largest absolute Gasteiger partial charge is 0.496 e. The summed E-state index contributed by atoms with van der Waals surface area (Å²) >= 11 is 1.39. The molecule has 3 heterocycles. The van der Waals surface area contributed by atoms with Gasteiger partial charge in [-0.25, -0.2) is 9.97 Å². The Balaban J connectivity index is 0.00000160. The van der Waals surface area contributed by atoms with E-state index in [1.54, 1.807) is 18.7 Å². The molecule has 1 atom stereocenters. The van der Waals surface area contributed by atoms with E-state index < -0.39 is 0 Å². The molecule has 1 aliphatic rings. The molecule has 10 heteroatoms. The Bertz CT molecular complexity index is 957. The minimum atomic E-state index is -0.105. The first-order valence-corrected chi connectivity index (χ1v) is 9.92. The van der Waals surface area contributed by atoms with Crippen LogP contribution in [0.3, 0.4) is 0 Å². The third-order valence-corrected chi connectivity index (χ3v) is 5.38. The van der Waals surface area contributed by atoms with E-state index in [-0.39, 0.29) is 36.8 Å². The smallest absolute Gasteiger partial charge is 0.274 e. The predicted molar refractivity (Wildman–Crippen MR) is 124 cm³/mol. The first-order valence-electron chi connectivity index (χ1n) is 9.04. The van der Waals surface area contributed by atoms with E-state index in [0.717, 1.165) is 17.9 Å². The third kappa shape index (κ3) is 5.20. The van der Waals surface area contributed by atoms with Crippen molar-refractivity contribution < 1.29 is 9.53 Å². The molecular formula is C20H23Cl2N5O2S. The van der Waals surface area contributed by atoms with E-state index in [1.807, 2.05) is 47.4 Å². The van der Waals surface area contributed by atoms with Gasteiger partial charge in [-0.05, 0) is 18.2 Å². The number of hydrogen-bond donors (Lipinski definition) is 2. The Morgan fingerprint density at radius 3 is 2.80 bits per heavy atom. The predicted octanol–water partition coefficient (Wildman–Crippen LogP) is 3.92. The van der Waals surface area contributed by atoms with Crippen molar-refractivity contribution in [2.45, 2.75) is 6.04 Å². The highest BCUT2D eigenvalue weighted by Gasteiger charge is 2.31. The molecule has 0 aliphatic carbocycles. The van der Waals surface area contributed by atoms with E-state index in [1.165, 1.54) is 11.3 Å². The number of rotatable bonds is 5. The average Bonchev–Trinajstić information content (AvgIpc) is 3.22. The van der Waals surface area contributed by atoms with Crippen LogP contribution in [-0.2, 0) is 0 Å². The molecule has 0 radical (unpaired) electrons. The second-order valence-corrected chi connectivity index (χ2v) is 7.20. The fourth-order valence-corrected chi connectivity index (χ4v) is 3.98. The van der Waals surface area contributed by atoms with E-state index in [9.17, 15) is 4.79 Å². The molecule has 160 valence electrons. The highest BCUT2D eigenvalue weighted by molar-refractivity contribution is 7.14. The van der Waals surface area contributed by atoms with Crippen molar-refractivity contribution in [2.24, 2.45) is 0 Å². The van der Waals surface area contributed by atoms with E-state index in [0.29, 0.717) is 29.7 Å². The topological polar surface area (TPSA) is 79.4 Å². The summed E-state index contributed by atoms with van der Waals surface area (Å²) in [6, 6.07) is 13.3. The van der Waals surface area contributed by atoms with Gasteiger partial charge in [0.15, 0.2) is 5.13 Å². The molecule has 0 bridgehead atoms. The van der Waals surface area contributed by atoms with Gasteiger partial charge >= 0.3 is 0 Å². The van der Waals surface area contributed by atoms with Gasteiger partial charge in [0.2, 0.25) is 0 Å². The van der Waals surface area contributed by atoms with E-state index in [4.69, 9.17) is 4.74 Å². The molecule has 1 amide bonds. The number of carbonyl (C=O) groups is 1. The fourth-order valence-electron chi connectivity index (χ4n) is 3.29. The first kappa shape index (κ1) is 23.9. The molecule has 0 saturated carbocycles. The summed E-state index contributed by atoms with van der Waals surface area (Å²) in [5.41, 5.74) is 1.43. The van der Waals surface area contributed by atoms with Gasteiger partial charge in [0, 0.05) is 36.8 Å². The summed E-state index contributed by atoms with van der Waals surface area (Å²) in [5, 5.41) is 8.94. The van der Waals surface area contributed by atoms with Crippen molar-refractivity contribution in [3.8, 4) is 5.75 Å². The van der Waals surface area contributed by atoms with Gasteiger partial charge in [0.25, 0.3) is 5.91 Å². The molecule has 1 aliphatic heterocycles. The van der Waals surface area contributed by atoms with E-state index in [2.05, 4.69) is 20.6 Å². The highest BCUT2D eigenvalue weighted by Crippen LogP contribution is 2.31. The number of aromatic nitrogens is 2. The molecule has 7 nitrogen and oxygen atoms in total. The van der Waals surface area contributed by atoms with Gasteiger partial charge in [-0.15, -0.1) is 36.2 Å². The third-order valence-electron chi connectivity index (χ3n) is 4.63. The van der Waals surface area contributed by atoms with Gasteiger partial charge in [-0.1, -0.05) is 24.3 Å². The number of benzene rings is 1. The molecule has 4 rings (SSSR count). The molecular weight excluding hydrogens is 445 g/mol. The number of para-hydroxylation sites is 1. The second-order valence-electron chi connectivity index (χ2n) is 6.34. The molecule has 2 aromatic heterocycles. The second kappa shape index (κ2) is 11.1. The quantitative estimate of drug-likeness (QED) is 0.591. The molecule has 0 spiro atoms. The summed E-state index contributed by atoms with van der Waals surface area (Å²) in [6.45, 7) is 2.04. The number of ether oxygens (including phenoxy) is 1. The number of nitrogens with one attached hydrogen (secondary N) is 2. The van der Waals surface area contributed by atoms with Crippen molar-refractivity contribution in [2.75, 3.05) is 32.1 Å². The molecule has 1 unspecified atom stereocenters. The van der Waals surface area contributed by atoms with Crippen molar-refractivity contribution in [3.63, 3.8) is 0 Å². The van der Waals surface area contributed by atoms with Crippen LogP contribution in [-0.4, -0.2) is 47.5 Å². The zero-order valence-electron chi connectivity index (χ0n) is 16.3. The van der Waals surface area contributed by atoms with Crippen molar-refractivity contribution >= 4 is 53.0 Å². The number of thiazole rings is 1. The normalized spacial score (nSPS) is 15.5. The maximum Gasteiger partial charge on any atom is 0.274 e. The van der Waals surface area contributed by atoms with Gasteiger partial charge < -0.3 is 20.3 Å². The molecule has 1 saturated heterocycles. The molecule has 30 heavy (non-hydrogen) atoms. The monoisotopic (exact) mass is 467 g/mol. The van der Waals surface area contributed by atoms with Gasteiger partial charge in [-0.2, -0.15) is 0 Å². The SMILES string of the molecule is COc1ccccc1C1CNCCN1C(=O)c1csc(Nc2ccccn2)n1.Cl.Cl. The van der Waals surface area contributed by atoms with Gasteiger partial charge in [-0.3, -0.25) is 4.79 Å². The van der Waals surface area contributed by atoms with Gasteiger partial charge in [0.05, 0.1) is 13.2 Å². The Morgan fingerprint density at radius 2 is 2.03 bits per heavy atom. The Morgan fingerprint density at radius 1 is 1.23 bits per heavy atom. The lowest BCUT2D eigenvalue weighted by Gasteiger charge is -2.36. The lowest BCUT2D eigenvalue weighted by atomic mass is 10.0.